The fourth-order valence-corrected chi connectivity index (χ4v) is 2.46. The molecule has 0 radical (unpaired) electrons. The molecule has 1 fully saturated rings. The van der Waals surface area contributed by atoms with Crippen molar-refractivity contribution in [1.82, 2.24) is 10.2 Å². The molecule has 15 heavy (non-hydrogen) atoms. The molecule has 3 heteroatoms. The predicted molar refractivity (Wildman–Crippen MR) is 64.2 cm³/mol. The van der Waals surface area contributed by atoms with Crippen LogP contribution in [0, 0.1) is 0 Å². The molecule has 0 aromatic carbocycles. The Morgan fingerprint density at radius 2 is 2.20 bits per heavy atom. The molecule has 0 aliphatic carbocycles. The van der Waals surface area contributed by atoms with Crippen LogP contribution in [-0.2, 0) is 4.74 Å². The number of nitrogens with one attached hydrogen (secondary N) is 1. The van der Waals surface area contributed by atoms with Gasteiger partial charge in [0.15, 0.2) is 0 Å². The first kappa shape index (κ1) is 12.9. The van der Waals surface area contributed by atoms with E-state index in [1.807, 2.05) is 0 Å². The van der Waals surface area contributed by atoms with Crippen LogP contribution < -0.4 is 5.32 Å². The number of hydrogen-bond acceptors (Lipinski definition) is 3. The highest BCUT2D eigenvalue weighted by Gasteiger charge is 2.31. The molecule has 1 unspecified atom stereocenters. The first-order valence-electron chi connectivity index (χ1n) is 6.04. The minimum Gasteiger partial charge on any atom is -0.385 e. The monoisotopic (exact) mass is 214 g/mol. The van der Waals surface area contributed by atoms with Crippen LogP contribution in [0.15, 0.2) is 0 Å². The summed E-state index contributed by atoms with van der Waals surface area (Å²) in [6.07, 6.45) is 2.36. The van der Waals surface area contributed by atoms with Crippen molar-refractivity contribution in [3.8, 4) is 0 Å². The van der Waals surface area contributed by atoms with Crippen molar-refractivity contribution >= 4 is 0 Å². The molecule has 1 atom stereocenters. The van der Waals surface area contributed by atoms with Gasteiger partial charge in [-0.15, -0.1) is 0 Å². The van der Waals surface area contributed by atoms with E-state index in [4.69, 9.17) is 4.74 Å². The van der Waals surface area contributed by atoms with Gasteiger partial charge in [0, 0.05) is 38.4 Å². The number of methoxy groups -OCH3 is 1. The van der Waals surface area contributed by atoms with Gasteiger partial charge in [-0.1, -0.05) is 0 Å². The van der Waals surface area contributed by atoms with E-state index in [1.54, 1.807) is 7.11 Å². The Morgan fingerprint density at radius 3 is 2.87 bits per heavy atom. The third kappa shape index (κ3) is 3.74. The summed E-state index contributed by atoms with van der Waals surface area (Å²) in [6, 6.07) is 0.624. The largest absolute Gasteiger partial charge is 0.385 e. The van der Waals surface area contributed by atoms with Crippen LogP contribution >= 0.6 is 0 Å². The Kier molecular flexibility index (Phi) is 5.03. The zero-order valence-electron chi connectivity index (χ0n) is 10.7. The second-order valence-electron chi connectivity index (χ2n) is 5.16. The summed E-state index contributed by atoms with van der Waals surface area (Å²) in [5, 5.41) is 3.50. The van der Waals surface area contributed by atoms with E-state index < -0.39 is 0 Å². The zero-order chi connectivity index (χ0) is 11.3. The van der Waals surface area contributed by atoms with E-state index in [0.717, 1.165) is 32.7 Å². The number of hydrogen-bond donors (Lipinski definition) is 1. The minimum absolute atomic E-state index is 0.316. The first-order chi connectivity index (χ1) is 7.08. The van der Waals surface area contributed by atoms with Crippen LogP contribution in [0.5, 0.6) is 0 Å². The van der Waals surface area contributed by atoms with E-state index in [1.165, 1.54) is 6.42 Å². The molecule has 0 bridgehead atoms. The highest BCUT2D eigenvalue weighted by Crippen LogP contribution is 2.23. The summed E-state index contributed by atoms with van der Waals surface area (Å²) in [7, 11) is 1.78. The molecule has 0 aromatic rings. The van der Waals surface area contributed by atoms with Gasteiger partial charge in [-0.25, -0.2) is 0 Å². The minimum atomic E-state index is 0.316. The second kappa shape index (κ2) is 5.83. The van der Waals surface area contributed by atoms with Gasteiger partial charge in [-0.3, -0.25) is 4.90 Å². The third-order valence-electron chi connectivity index (χ3n) is 3.41. The first-order valence-corrected chi connectivity index (χ1v) is 6.04. The molecule has 0 spiro atoms. The van der Waals surface area contributed by atoms with Crippen molar-refractivity contribution in [3.05, 3.63) is 0 Å². The molecule has 90 valence electrons. The molecule has 1 saturated heterocycles. The fourth-order valence-electron chi connectivity index (χ4n) is 2.46. The van der Waals surface area contributed by atoms with E-state index in [-0.39, 0.29) is 0 Å². The Morgan fingerprint density at radius 1 is 1.47 bits per heavy atom. The molecular formula is C12H26N2O. The lowest BCUT2D eigenvalue weighted by molar-refractivity contribution is 0.0724. The van der Waals surface area contributed by atoms with Gasteiger partial charge in [-0.05, 0) is 40.2 Å². The lowest BCUT2D eigenvalue weighted by Crippen LogP contribution is -2.49. The van der Waals surface area contributed by atoms with Crippen molar-refractivity contribution in [1.29, 1.82) is 0 Å². The summed E-state index contributed by atoms with van der Waals surface area (Å²) < 4.78 is 5.13. The summed E-state index contributed by atoms with van der Waals surface area (Å²) in [5.41, 5.74) is 0.316. The molecule has 1 aliphatic heterocycles. The Hall–Kier alpha value is -0.120. The lowest BCUT2D eigenvalue weighted by Gasteiger charge is -2.40. The van der Waals surface area contributed by atoms with Crippen molar-refractivity contribution < 1.29 is 4.74 Å². The SMILES string of the molecule is COCCCN1C(C)CNCCC1(C)C. The fraction of sp³-hybridized carbons (Fsp3) is 1.00. The van der Waals surface area contributed by atoms with Crippen molar-refractivity contribution in [2.45, 2.75) is 45.2 Å². The molecule has 1 aliphatic rings. The second-order valence-corrected chi connectivity index (χ2v) is 5.16. The molecule has 0 saturated carbocycles. The van der Waals surface area contributed by atoms with Crippen molar-refractivity contribution in [2.75, 3.05) is 33.4 Å². The van der Waals surface area contributed by atoms with Gasteiger partial charge in [0.25, 0.3) is 0 Å². The molecular weight excluding hydrogens is 188 g/mol. The van der Waals surface area contributed by atoms with Gasteiger partial charge in [0.2, 0.25) is 0 Å². The maximum atomic E-state index is 5.13. The number of nitrogens with zero attached hydrogens (tertiary/aromatic N) is 1. The molecule has 3 nitrogen and oxygen atoms in total. The average molecular weight is 214 g/mol. The number of rotatable bonds is 4. The highest BCUT2D eigenvalue weighted by molar-refractivity contribution is 4.89. The van der Waals surface area contributed by atoms with E-state index in [2.05, 4.69) is 31.0 Å². The average Bonchev–Trinajstić information content (AvgIpc) is 2.29. The van der Waals surface area contributed by atoms with E-state index in [9.17, 15) is 0 Å². The standard InChI is InChI=1S/C12H26N2O/c1-11-10-13-7-6-12(2,3)14(11)8-5-9-15-4/h11,13H,5-10H2,1-4H3. The molecule has 1 N–H and O–H groups in total. The maximum absolute atomic E-state index is 5.13. The summed E-state index contributed by atoms with van der Waals surface area (Å²) >= 11 is 0. The smallest absolute Gasteiger partial charge is 0.0474 e. The van der Waals surface area contributed by atoms with Crippen LogP contribution in [0.3, 0.4) is 0 Å². The van der Waals surface area contributed by atoms with Crippen LogP contribution in [0.2, 0.25) is 0 Å². The van der Waals surface area contributed by atoms with Gasteiger partial charge >= 0.3 is 0 Å². The molecule has 0 amide bonds. The van der Waals surface area contributed by atoms with Crippen LogP contribution in [-0.4, -0.2) is 49.8 Å². The van der Waals surface area contributed by atoms with Crippen LogP contribution in [0.4, 0.5) is 0 Å². The van der Waals surface area contributed by atoms with E-state index >= 15 is 0 Å². The normalized spacial score (nSPS) is 27.6. The molecule has 0 aromatic heterocycles. The Bertz CT molecular complexity index is 182. The predicted octanol–water partition coefficient (Wildman–Crippen LogP) is 1.49. The summed E-state index contributed by atoms with van der Waals surface area (Å²) in [5.74, 6) is 0. The quantitative estimate of drug-likeness (QED) is 0.718. The Balaban J connectivity index is 2.52. The molecule has 1 rings (SSSR count). The topological polar surface area (TPSA) is 24.5 Å². The number of ether oxygens (including phenoxy) is 1. The van der Waals surface area contributed by atoms with Crippen LogP contribution in [0.1, 0.15) is 33.6 Å². The zero-order valence-corrected chi connectivity index (χ0v) is 10.7. The maximum Gasteiger partial charge on any atom is 0.0474 e. The van der Waals surface area contributed by atoms with Gasteiger partial charge in [0.05, 0.1) is 0 Å². The van der Waals surface area contributed by atoms with Gasteiger partial charge < -0.3 is 10.1 Å². The molecule has 1 heterocycles. The van der Waals surface area contributed by atoms with Crippen molar-refractivity contribution in [2.24, 2.45) is 0 Å². The third-order valence-corrected chi connectivity index (χ3v) is 3.41. The lowest BCUT2D eigenvalue weighted by atomic mass is 9.97. The van der Waals surface area contributed by atoms with Gasteiger partial charge in [-0.2, -0.15) is 0 Å². The van der Waals surface area contributed by atoms with Gasteiger partial charge in [0.1, 0.15) is 0 Å². The van der Waals surface area contributed by atoms with E-state index in [0.29, 0.717) is 11.6 Å². The Labute approximate surface area is 94.2 Å². The highest BCUT2D eigenvalue weighted by atomic mass is 16.5. The van der Waals surface area contributed by atoms with Crippen molar-refractivity contribution in [3.63, 3.8) is 0 Å². The van der Waals surface area contributed by atoms with Crippen LogP contribution in [0.25, 0.3) is 0 Å². The summed E-state index contributed by atoms with van der Waals surface area (Å²) in [6.45, 7) is 11.3. The summed E-state index contributed by atoms with van der Waals surface area (Å²) in [4.78, 5) is 2.62.